The standard InChI is InChI=1S/C20H15N5O3/c1-28-20(27)14-5-7-15(8-6-14)24-18-10-17(22-12-23-18)19(26)25-16-4-2-3-13(9-16)11-21/h2-10,12H,1H3,(H,25,26)(H,22,23,24). The minimum atomic E-state index is -0.429. The van der Waals surface area contributed by atoms with E-state index in [1.165, 1.54) is 19.5 Å². The van der Waals surface area contributed by atoms with Crippen LogP contribution in [0.4, 0.5) is 17.2 Å². The molecule has 0 aliphatic heterocycles. The third-order valence-corrected chi connectivity index (χ3v) is 3.73. The van der Waals surface area contributed by atoms with Crippen LogP contribution in [0.1, 0.15) is 26.4 Å². The summed E-state index contributed by atoms with van der Waals surface area (Å²) in [5, 5.41) is 14.7. The highest BCUT2D eigenvalue weighted by Crippen LogP contribution is 2.17. The number of nitriles is 1. The fourth-order valence-corrected chi connectivity index (χ4v) is 2.37. The first kappa shape index (κ1) is 18.5. The number of aromatic nitrogens is 2. The van der Waals surface area contributed by atoms with Gasteiger partial charge in [-0.15, -0.1) is 0 Å². The van der Waals surface area contributed by atoms with E-state index in [0.29, 0.717) is 28.3 Å². The fraction of sp³-hybridized carbons (Fsp3) is 0.0500. The van der Waals surface area contributed by atoms with Gasteiger partial charge in [0, 0.05) is 17.4 Å². The van der Waals surface area contributed by atoms with Crippen molar-refractivity contribution in [1.82, 2.24) is 9.97 Å². The van der Waals surface area contributed by atoms with Crippen LogP contribution >= 0.6 is 0 Å². The van der Waals surface area contributed by atoms with E-state index in [9.17, 15) is 9.59 Å². The number of carbonyl (C=O) groups is 2. The molecule has 0 aliphatic carbocycles. The van der Waals surface area contributed by atoms with Gasteiger partial charge in [-0.3, -0.25) is 4.79 Å². The van der Waals surface area contributed by atoms with E-state index in [2.05, 4.69) is 25.3 Å². The highest BCUT2D eigenvalue weighted by Gasteiger charge is 2.10. The number of amides is 1. The Morgan fingerprint density at radius 2 is 1.82 bits per heavy atom. The number of benzene rings is 2. The molecule has 1 heterocycles. The first-order valence-corrected chi connectivity index (χ1v) is 8.18. The Hall–Kier alpha value is -4.25. The summed E-state index contributed by atoms with van der Waals surface area (Å²) in [6.07, 6.45) is 1.27. The lowest BCUT2D eigenvalue weighted by atomic mass is 10.2. The number of anilines is 3. The van der Waals surface area contributed by atoms with Crippen molar-refractivity contribution in [2.45, 2.75) is 0 Å². The van der Waals surface area contributed by atoms with Crippen molar-refractivity contribution in [2.24, 2.45) is 0 Å². The van der Waals surface area contributed by atoms with Crippen LogP contribution < -0.4 is 10.6 Å². The molecule has 0 saturated heterocycles. The van der Waals surface area contributed by atoms with Gasteiger partial charge in [-0.2, -0.15) is 5.26 Å². The average Bonchev–Trinajstić information content (AvgIpc) is 2.74. The zero-order valence-corrected chi connectivity index (χ0v) is 14.8. The second-order valence-electron chi connectivity index (χ2n) is 5.63. The Morgan fingerprint density at radius 3 is 2.54 bits per heavy atom. The van der Waals surface area contributed by atoms with Crippen molar-refractivity contribution in [3.8, 4) is 6.07 Å². The monoisotopic (exact) mass is 373 g/mol. The number of hydrogen-bond acceptors (Lipinski definition) is 7. The van der Waals surface area contributed by atoms with E-state index >= 15 is 0 Å². The van der Waals surface area contributed by atoms with Gasteiger partial charge in [-0.05, 0) is 42.5 Å². The van der Waals surface area contributed by atoms with Crippen LogP contribution in [0.2, 0.25) is 0 Å². The van der Waals surface area contributed by atoms with Crippen molar-refractivity contribution in [3.63, 3.8) is 0 Å². The van der Waals surface area contributed by atoms with E-state index in [1.54, 1.807) is 48.5 Å². The predicted molar refractivity (Wildman–Crippen MR) is 102 cm³/mol. The van der Waals surface area contributed by atoms with Crippen molar-refractivity contribution >= 4 is 29.1 Å². The summed E-state index contributed by atoms with van der Waals surface area (Å²) in [5.41, 5.74) is 2.20. The molecule has 3 rings (SSSR count). The second kappa shape index (κ2) is 8.42. The number of carbonyl (C=O) groups excluding carboxylic acids is 2. The smallest absolute Gasteiger partial charge is 0.337 e. The molecule has 0 fully saturated rings. The molecule has 2 N–H and O–H groups in total. The third kappa shape index (κ3) is 4.47. The summed E-state index contributed by atoms with van der Waals surface area (Å²) in [6, 6.07) is 16.7. The number of hydrogen-bond donors (Lipinski definition) is 2. The summed E-state index contributed by atoms with van der Waals surface area (Å²) < 4.78 is 4.66. The number of methoxy groups -OCH3 is 1. The van der Waals surface area contributed by atoms with Crippen LogP contribution in [0.3, 0.4) is 0 Å². The Balaban J connectivity index is 1.72. The SMILES string of the molecule is COC(=O)c1ccc(Nc2cc(C(=O)Nc3cccc(C#N)c3)ncn2)cc1. The van der Waals surface area contributed by atoms with Gasteiger partial charge in [0.2, 0.25) is 0 Å². The van der Waals surface area contributed by atoms with Crippen molar-refractivity contribution in [3.05, 3.63) is 77.7 Å². The molecular formula is C20H15N5O3. The lowest BCUT2D eigenvalue weighted by Gasteiger charge is -2.08. The van der Waals surface area contributed by atoms with Gasteiger partial charge in [0.25, 0.3) is 5.91 Å². The molecule has 138 valence electrons. The molecule has 0 radical (unpaired) electrons. The molecule has 0 atom stereocenters. The minimum absolute atomic E-state index is 0.158. The number of nitrogens with one attached hydrogen (secondary N) is 2. The topological polar surface area (TPSA) is 117 Å². The molecule has 0 aliphatic rings. The van der Waals surface area contributed by atoms with Gasteiger partial charge in [0.05, 0.1) is 24.3 Å². The first-order valence-electron chi connectivity index (χ1n) is 8.18. The van der Waals surface area contributed by atoms with Crippen molar-refractivity contribution in [2.75, 3.05) is 17.7 Å². The van der Waals surface area contributed by atoms with Crippen LogP contribution in [0, 0.1) is 11.3 Å². The Labute approximate surface area is 160 Å². The Kier molecular flexibility index (Phi) is 5.58. The number of nitrogens with zero attached hydrogens (tertiary/aromatic N) is 3. The summed E-state index contributed by atoms with van der Waals surface area (Å²) >= 11 is 0. The van der Waals surface area contributed by atoms with Crippen LogP contribution in [0.15, 0.2) is 60.9 Å². The van der Waals surface area contributed by atoms with Crippen LogP contribution in [-0.2, 0) is 4.74 Å². The highest BCUT2D eigenvalue weighted by atomic mass is 16.5. The van der Waals surface area contributed by atoms with Gasteiger partial charge in [0.1, 0.15) is 17.8 Å². The maximum Gasteiger partial charge on any atom is 0.337 e. The molecule has 0 spiro atoms. The number of ether oxygens (including phenoxy) is 1. The second-order valence-corrected chi connectivity index (χ2v) is 5.63. The molecule has 1 aromatic heterocycles. The Morgan fingerprint density at radius 1 is 1.04 bits per heavy atom. The highest BCUT2D eigenvalue weighted by molar-refractivity contribution is 6.03. The molecule has 28 heavy (non-hydrogen) atoms. The maximum absolute atomic E-state index is 12.4. The summed E-state index contributed by atoms with van der Waals surface area (Å²) in [6.45, 7) is 0. The fourth-order valence-electron chi connectivity index (χ4n) is 2.37. The molecular weight excluding hydrogens is 358 g/mol. The van der Waals surface area contributed by atoms with Crippen LogP contribution in [0.5, 0.6) is 0 Å². The number of rotatable bonds is 5. The molecule has 8 nitrogen and oxygen atoms in total. The largest absolute Gasteiger partial charge is 0.465 e. The van der Waals surface area contributed by atoms with E-state index in [1.807, 2.05) is 6.07 Å². The van der Waals surface area contributed by atoms with Gasteiger partial charge >= 0.3 is 5.97 Å². The van der Waals surface area contributed by atoms with Gasteiger partial charge < -0.3 is 15.4 Å². The van der Waals surface area contributed by atoms with E-state index in [0.717, 1.165) is 0 Å². The molecule has 1 amide bonds. The Bertz CT molecular complexity index is 1060. The maximum atomic E-state index is 12.4. The van der Waals surface area contributed by atoms with Crippen molar-refractivity contribution in [1.29, 1.82) is 5.26 Å². The zero-order chi connectivity index (χ0) is 19.9. The predicted octanol–water partition coefficient (Wildman–Crippen LogP) is 3.13. The molecule has 2 aromatic carbocycles. The minimum Gasteiger partial charge on any atom is -0.465 e. The van der Waals surface area contributed by atoms with Crippen LogP contribution in [-0.4, -0.2) is 29.0 Å². The van der Waals surface area contributed by atoms with Gasteiger partial charge in [-0.25, -0.2) is 14.8 Å². The quantitative estimate of drug-likeness (QED) is 0.660. The van der Waals surface area contributed by atoms with Crippen molar-refractivity contribution < 1.29 is 14.3 Å². The average molecular weight is 373 g/mol. The molecule has 8 heteroatoms. The molecule has 3 aromatic rings. The van der Waals surface area contributed by atoms with Crippen LogP contribution in [0.25, 0.3) is 0 Å². The van der Waals surface area contributed by atoms with E-state index < -0.39 is 11.9 Å². The van der Waals surface area contributed by atoms with E-state index in [-0.39, 0.29) is 5.69 Å². The normalized spacial score (nSPS) is 9.86. The zero-order valence-electron chi connectivity index (χ0n) is 14.8. The van der Waals surface area contributed by atoms with Gasteiger partial charge in [-0.1, -0.05) is 6.07 Å². The first-order chi connectivity index (χ1) is 13.6. The molecule has 0 bridgehead atoms. The number of esters is 1. The summed E-state index contributed by atoms with van der Waals surface area (Å²) in [7, 11) is 1.32. The lowest BCUT2D eigenvalue weighted by Crippen LogP contribution is -2.14. The summed E-state index contributed by atoms with van der Waals surface area (Å²) in [5.74, 6) is -0.439. The summed E-state index contributed by atoms with van der Waals surface area (Å²) in [4.78, 5) is 31.9. The molecule has 0 unspecified atom stereocenters. The third-order valence-electron chi connectivity index (χ3n) is 3.73. The molecule has 0 saturated carbocycles. The lowest BCUT2D eigenvalue weighted by molar-refractivity contribution is 0.0600. The van der Waals surface area contributed by atoms with E-state index in [4.69, 9.17) is 5.26 Å². The van der Waals surface area contributed by atoms with Gasteiger partial charge in [0.15, 0.2) is 0 Å².